The highest BCUT2D eigenvalue weighted by Gasteiger charge is 2.26. The van der Waals surface area contributed by atoms with Gasteiger partial charge in [0.05, 0.1) is 16.9 Å². The third-order valence-electron chi connectivity index (χ3n) is 6.51. The molecular formula is C26H25N5O3. The SMILES string of the molecule is Cn1ccn(-c2ccc(OC3CCN(c4c(C#N)c(=O)n(C)c5ccccc45)CC3)cc2)c1=O. The van der Waals surface area contributed by atoms with Gasteiger partial charge in [-0.05, 0) is 30.3 Å². The number of aromatic nitrogens is 3. The second-order valence-electron chi connectivity index (χ2n) is 8.58. The van der Waals surface area contributed by atoms with E-state index in [1.807, 2.05) is 48.5 Å². The molecule has 2 aromatic heterocycles. The minimum atomic E-state index is -0.271. The van der Waals surface area contributed by atoms with E-state index in [0.29, 0.717) is 13.1 Å². The fraction of sp³-hybridized carbons (Fsp3) is 0.269. The van der Waals surface area contributed by atoms with Crippen LogP contribution in [-0.4, -0.2) is 32.9 Å². The molecule has 172 valence electrons. The lowest BCUT2D eigenvalue weighted by Crippen LogP contribution is -2.40. The van der Waals surface area contributed by atoms with E-state index in [9.17, 15) is 14.9 Å². The third-order valence-corrected chi connectivity index (χ3v) is 6.51. The summed E-state index contributed by atoms with van der Waals surface area (Å²) >= 11 is 0. The molecule has 0 spiro atoms. The highest BCUT2D eigenvalue weighted by Crippen LogP contribution is 2.31. The molecule has 1 saturated heterocycles. The Labute approximate surface area is 196 Å². The van der Waals surface area contributed by atoms with E-state index in [4.69, 9.17) is 4.74 Å². The van der Waals surface area contributed by atoms with Crippen LogP contribution < -0.4 is 20.9 Å². The third kappa shape index (κ3) is 3.65. The number of aryl methyl sites for hydroxylation is 2. The van der Waals surface area contributed by atoms with Crippen LogP contribution in [0.4, 0.5) is 5.69 Å². The van der Waals surface area contributed by atoms with Crippen LogP contribution in [0.1, 0.15) is 18.4 Å². The fourth-order valence-electron chi connectivity index (χ4n) is 4.64. The number of para-hydroxylation sites is 1. The van der Waals surface area contributed by atoms with Gasteiger partial charge in [-0.3, -0.25) is 9.36 Å². The van der Waals surface area contributed by atoms with Crippen LogP contribution >= 0.6 is 0 Å². The molecule has 0 radical (unpaired) electrons. The van der Waals surface area contributed by atoms with Gasteiger partial charge in [-0.25, -0.2) is 4.79 Å². The van der Waals surface area contributed by atoms with E-state index < -0.39 is 0 Å². The van der Waals surface area contributed by atoms with Crippen LogP contribution in [0.15, 0.2) is 70.5 Å². The first-order valence-corrected chi connectivity index (χ1v) is 11.3. The molecular weight excluding hydrogens is 430 g/mol. The van der Waals surface area contributed by atoms with Crippen molar-refractivity contribution < 1.29 is 4.74 Å². The number of benzene rings is 2. The largest absolute Gasteiger partial charge is 0.490 e. The molecule has 0 N–H and O–H groups in total. The summed E-state index contributed by atoms with van der Waals surface area (Å²) in [7, 11) is 3.42. The molecule has 8 heteroatoms. The molecule has 5 rings (SSSR count). The Morgan fingerprint density at radius 3 is 2.32 bits per heavy atom. The monoisotopic (exact) mass is 455 g/mol. The molecule has 4 aromatic rings. The van der Waals surface area contributed by atoms with Gasteiger partial charge >= 0.3 is 5.69 Å². The van der Waals surface area contributed by atoms with Crippen molar-refractivity contribution in [3.8, 4) is 17.5 Å². The first-order chi connectivity index (χ1) is 16.5. The van der Waals surface area contributed by atoms with E-state index in [0.717, 1.165) is 40.9 Å². The fourth-order valence-corrected chi connectivity index (χ4v) is 4.64. The summed E-state index contributed by atoms with van der Waals surface area (Å²) in [6.45, 7) is 1.38. The smallest absolute Gasteiger partial charge is 0.332 e. The Kier molecular flexibility index (Phi) is 5.46. The van der Waals surface area contributed by atoms with E-state index in [-0.39, 0.29) is 22.9 Å². The summed E-state index contributed by atoms with van der Waals surface area (Å²) in [6.07, 6.45) is 5.04. The number of hydrogen-bond donors (Lipinski definition) is 0. The van der Waals surface area contributed by atoms with Crippen molar-refractivity contribution in [1.29, 1.82) is 5.26 Å². The number of ether oxygens (including phenoxy) is 1. The van der Waals surface area contributed by atoms with Crippen molar-refractivity contribution >= 4 is 16.6 Å². The zero-order valence-corrected chi connectivity index (χ0v) is 19.1. The predicted molar refractivity (Wildman–Crippen MR) is 131 cm³/mol. The molecule has 0 amide bonds. The summed E-state index contributed by atoms with van der Waals surface area (Å²) in [4.78, 5) is 27.1. The van der Waals surface area contributed by atoms with Gasteiger partial charge in [0.15, 0.2) is 0 Å². The normalized spacial score (nSPS) is 14.3. The molecule has 0 bridgehead atoms. The number of hydrogen-bond acceptors (Lipinski definition) is 5. The maximum Gasteiger partial charge on any atom is 0.332 e. The van der Waals surface area contributed by atoms with Crippen molar-refractivity contribution in [3.63, 3.8) is 0 Å². The Bertz CT molecular complexity index is 1510. The average molecular weight is 456 g/mol. The van der Waals surface area contributed by atoms with Gasteiger partial charge in [-0.1, -0.05) is 18.2 Å². The summed E-state index contributed by atoms with van der Waals surface area (Å²) in [5.41, 5.74) is 2.14. The Hall–Kier alpha value is -4.25. The topological polar surface area (TPSA) is 85.2 Å². The summed E-state index contributed by atoms with van der Waals surface area (Å²) in [6, 6.07) is 17.3. The molecule has 0 unspecified atom stereocenters. The van der Waals surface area contributed by atoms with Gasteiger partial charge in [-0.15, -0.1) is 0 Å². The Morgan fingerprint density at radius 1 is 0.971 bits per heavy atom. The number of anilines is 1. The number of pyridine rings is 1. The summed E-state index contributed by atoms with van der Waals surface area (Å²) in [5.74, 6) is 0.753. The second kappa shape index (κ2) is 8.60. The van der Waals surface area contributed by atoms with Crippen molar-refractivity contribution in [3.05, 3.63) is 87.3 Å². The maximum atomic E-state index is 12.8. The van der Waals surface area contributed by atoms with Crippen LogP contribution in [-0.2, 0) is 14.1 Å². The number of rotatable bonds is 4. The van der Waals surface area contributed by atoms with Crippen LogP contribution in [0.2, 0.25) is 0 Å². The summed E-state index contributed by atoms with van der Waals surface area (Å²) in [5, 5.41) is 10.7. The summed E-state index contributed by atoms with van der Waals surface area (Å²) < 4.78 is 10.9. The Balaban J connectivity index is 1.32. The van der Waals surface area contributed by atoms with E-state index in [1.165, 1.54) is 4.57 Å². The van der Waals surface area contributed by atoms with E-state index in [1.54, 1.807) is 35.6 Å². The molecule has 1 fully saturated rings. The minimum absolute atomic E-state index is 0.0323. The number of fused-ring (bicyclic) bond motifs is 1. The van der Waals surface area contributed by atoms with Gasteiger partial charge < -0.3 is 18.8 Å². The minimum Gasteiger partial charge on any atom is -0.490 e. The predicted octanol–water partition coefficient (Wildman–Crippen LogP) is 2.95. The average Bonchev–Trinajstić information content (AvgIpc) is 3.20. The molecule has 0 atom stereocenters. The van der Waals surface area contributed by atoms with Gasteiger partial charge in [0.25, 0.3) is 5.56 Å². The van der Waals surface area contributed by atoms with Crippen LogP contribution in [0.25, 0.3) is 16.6 Å². The second-order valence-corrected chi connectivity index (χ2v) is 8.58. The first kappa shape index (κ1) is 21.6. The van der Waals surface area contributed by atoms with Crippen LogP contribution in [0.5, 0.6) is 5.75 Å². The first-order valence-electron chi connectivity index (χ1n) is 11.3. The lowest BCUT2D eigenvalue weighted by atomic mass is 10.0. The quantitative estimate of drug-likeness (QED) is 0.472. The highest BCUT2D eigenvalue weighted by molar-refractivity contribution is 5.94. The Morgan fingerprint density at radius 2 is 1.68 bits per heavy atom. The zero-order valence-electron chi connectivity index (χ0n) is 19.1. The standard InChI is InChI=1S/C26H25N5O3/c1-28-15-16-31(26(28)33)18-7-9-19(10-8-18)34-20-11-13-30(14-12-20)24-21-5-3-4-6-23(21)29(2)25(32)22(24)17-27/h3-10,15-16,20H,11-14H2,1-2H3. The number of imidazole rings is 1. The number of piperidine rings is 1. The maximum absolute atomic E-state index is 12.8. The van der Waals surface area contributed by atoms with Gasteiger partial charge in [-0.2, -0.15) is 5.26 Å². The van der Waals surface area contributed by atoms with Gasteiger partial charge in [0, 0.05) is 57.8 Å². The molecule has 1 aliphatic rings. The van der Waals surface area contributed by atoms with Crippen molar-refractivity contribution in [1.82, 2.24) is 13.7 Å². The molecule has 1 aliphatic heterocycles. The van der Waals surface area contributed by atoms with Crippen LogP contribution in [0.3, 0.4) is 0 Å². The molecule has 0 saturated carbocycles. The molecule has 0 aliphatic carbocycles. The molecule has 8 nitrogen and oxygen atoms in total. The van der Waals surface area contributed by atoms with Crippen molar-refractivity contribution in [2.75, 3.05) is 18.0 Å². The molecule has 3 heterocycles. The number of nitriles is 1. The van der Waals surface area contributed by atoms with Crippen LogP contribution in [0, 0.1) is 11.3 Å². The lowest BCUT2D eigenvalue weighted by Gasteiger charge is -2.35. The van der Waals surface area contributed by atoms with E-state index in [2.05, 4.69) is 11.0 Å². The highest BCUT2D eigenvalue weighted by atomic mass is 16.5. The molecule has 2 aromatic carbocycles. The lowest BCUT2D eigenvalue weighted by molar-refractivity contribution is 0.171. The zero-order chi connectivity index (χ0) is 23.8. The number of nitrogens with zero attached hydrogens (tertiary/aromatic N) is 5. The van der Waals surface area contributed by atoms with Crippen molar-refractivity contribution in [2.24, 2.45) is 14.1 Å². The van der Waals surface area contributed by atoms with Crippen molar-refractivity contribution in [2.45, 2.75) is 18.9 Å². The molecule has 34 heavy (non-hydrogen) atoms. The van der Waals surface area contributed by atoms with Gasteiger partial charge in [0.2, 0.25) is 0 Å². The van der Waals surface area contributed by atoms with Gasteiger partial charge in [0.1, 0.15) is 23.5 Å². The van der Waals surface area contributed by atoms with E-state index >= 15 is 0 Å².